The molecule has 35 heavy (non-hydrogen) atoms. The summed E-state index contributed by atoms with van der Waals surface area (Å²) in [4.78, 5) is 24.0. The molecule has 2 aromatic carbocycles. The van der Waals surface area contributed by atoms with E-state index in [4.69, 9.17) is 30.1 Å². The van der Waals surface area contributed by atoms with Crippen LogP contribution in [0.5, 0.6) is 0 Å². The Morgan fingerprint density at radius 1 is 0.943 bits per heavy atom. The normalized spacial score (nSPS) is 23.7. The van der Waals surface area contributed by atoms with Gasteiger partial charge in [0.15, 0.2) is 12.4 Å². The molecule has 186 valence electrons. The molecule has 0 unspecified atom stereocenters. The van der Waals surface area contributed by atoms with Crippen LogP contribution in [0.15, 0.2) is 60.7 Å². The molecule has 8 heteroatoms. The van der Waals surface area contributed by atoms with Crippen molar-refractivity contribution in [1.29, 1.82) is 0 Å². The molecule has 1 aliphatic heterocycles. The molecule has 0 radical (unpaired) electrons. The first kappa shape index (κ1) is 26.4. The van der Waals surface area contributed by atoms with E-state index in [0.29, 0.717) is 6.61 Å². The van der Waals surface area contributed by atoms with Crippen molar-refractivity contribution in [2.75, 3.05) is 13.2 Å². The summed E-state index contributed by atoms with van der Waals surface area (Å²) >= 11 is 0. The minimum Gasteiger partial charge on any atom is -0.457 e. The number of amides is 1. The quantitative estimate of drug-likeness (QED) is 0.390. The van der Waals surface area contributed by atoms with Gasteiger partial charge in [0.25, 0.3) is 0 Å². The van der Waals surface area contributed by atoms with Crippen molar-refractivity contribution in [3.05, 3.63) is 71.8 Å². The maximum absolute atomic E-state index is 12.0. The van der Waals surface area contributed by atoms with Gasteiger partial charge in [0.05, 0.1) is 19.8 Å². The number of ether oxygens (including phenoxy) is 5. The summed E-state index contributed by atoms with van der Waals surface area (Å²) in [5.74, 6) is 1.59. The molecule has 0 aliphatic carbocycles. The zero-order valence-electron chi connectivity index (χ0n) is 19.9. The Morgan fingerprint density at radius 3 is 2.14 bits per heavy atom. The largest absolute Gasteiger partial charge is 0.457 e. The van der Waals surface area contributed by atoms with Crippen LogP contribution < -0.4 is 5.32 Å². The zero-order valence-corrected chi connectivity index (χ0v) is 19.9. The third-order valence-corrected chi connectivity index (χ3v) is 5.33. The van der Waals surface area contributed by atoms with Crippen molar-refractivity contribution < 1.29 is 33.3 Å². The fourth-order valence-electron chi connectivity index (χ4n) is 3.86. The number of nitrogens with one attached hydrogen (secondary N) is 1. The Morgan fingerprint density at radius 2 is 1.57 bits per heavy atom. The van der Waals surface area contributed by atoms with Gasteiger partial charge in [-0.05, 0) is 11.1 Å². The molecule has 3 rings (SSSR count). The fraction of sp³-hybridized carbons (Fsp3) is 0.407. The van der Waals surface area contributed by atoms with E-state index in [1.165, 1.54) is 13.8 Å². The van der Waals surface area contributed by atoms with E-state index in [9.17, 15) is 9.59 Å². The predicted octanol–water partition coefficient (Wildman–Crippen LogP) is 2.60. The van der Waals surface area contributed by atoms with Gasteiger partial charge in [0, 0.05) is 13.8 Å². The van der Waals surface area contributed by atoms with E-state index in [-0.39, 0.29) is 25.7 Å². The SMILES string of the molecule is C#CCO[C@@H]1[C@@H](NC(C)=O)[C@H](OCc2ccccc2)O[C@H](COCc2ccccc2)[C@@H]1OC(C)=O. The summed E-state index contributed by atoms with van der Waals surface area (Å²) in [6.45, 7) is 3.30. The highest BCUT2D eigenvalue weighted by atomic mass is 16.7. The molecule has 1 aliphatic rings. The van der Waals surface area contributed by atoms with E-state index >= 15 is 0 Å². The van der Waals surface area contributed by atoms with E-state index in [1.54, 1.807) is 0 Å². The minimum absolute atomic E-state index is 0.0541. The number of carbonyl (C=O) groups is 2. The van der Waals surface area contributed by atoms with Crippen LogP contribution in [0.1, 0.15) is 25.0 Å². The van der Waals surface area contributed by atoms with Crippen molar-refractivity contribution in [2.24, 2.45) is 0 Å². The molecule has 0 saturated carbocycles. The molecule has 1 fully saturated rings. The van der Waals surface area contributed by atoms with Gasteiger partial charge in [-0.1, -0.05) is 66.6 Å². The van der Waals surface area contributed by atoms with E-state index < -0.39 is 36.6 Å². The zero-order chi connectivity index (χ0) is 25.0. The molecule has 2 aromatic rings. The summed E-state index contributed by atoms with van der Waals surface area (Å²) in [5.41, 5.74) is 1.92. The average molecular weight is 482 g/mol. The molecule has 5 atom stereocenters. The lowest BCUT2D eigenvalue weighted by molar-refractivity contribution is -0.284. The van der Waals surface area contributed by atoms with Gasteiger partial charge in [-0.2, -0.15) is 0 Å². The first-order valence-corrected chi connectivity index (χ1v) is 11.4. The molecule has 1 N–H and O–H groups in total. The summed E-state index contributed by atoms with van der Waals surface area (Å²) in [6.07, 6.45) is 2.10. The van der Waals surface area contributed by atoms with E-state index in [1.807, 2.05) is 60.7 Å². The summed E-state index contributed by atoms with van der Waals surface area (Å²) in [6, 6.07) is 18.4. The Hall–Kier alpha value is -3.22. The van der Waals surface area contributed by atoms with Crippen LogP contribution in [-0.2, 0) is 46.5 Å². The maximum Gasteiger partial charge on any atom is 0.303 e. The van der Waals surface area contributed by atoms with Crippen molar-refractivity contribution in [2.45, 2.75) is 57.7 Å². The highest BCUT2D eigenvalue weighted by Gasteiger charge is 2.49. The van der Waals surface area contributed by atoms with Gasteiger partial charge in [-0.3, -0.25) is 9.59 Å². The number of hydrogen-bond acceptors (Lipinski definition) is 7. The van der Waals surface area contributed by atoms with Crippen LogP contribution in [0.3, 0.4) is 0 Å². The van der Waals surface area contributed by atoms with Crippen molar-refractivity contribution in [1.82, 2.24) is 5.32 Å². The molecule has 1 amide bonds. The van der Waals surface area contributed by atoms with Gasteiger partial charge < -0.3 is 29.0 Å². The van der Waals surface area contributed by atoms with Crippen molar-refractivity contribution in [3.8, 4) is 12.3 Å². The third kappa shape index (κ3) is 8.19. The van der Waals surface area contributed by atoms with Gasteiger partial charge in [-0.15, -0.1) is 6.42 Å². The second-order valence-corrected chi connectivity index (χ2v) is 8.12. The molecule has 1 heterocycles. The monoisotopic (exact) mass is 481 g/mol. The molecule has 0 bridgehead atoms. The Balaban J connectivity index is 1.82. The van der Waals surface area contributed by atoms with E-state index in [0.717, 1.165) is 11.1 Å². The summed E-state index contributed by atoms with van der Waals surface area (Å²) in [7, 11) is 0. The van der Waals surface area contributed by atoms with Crippen LogP contribution in [0.25, 0.3) is 0 Å². The fourth-order valence-corrected chi connectivity index (χ4v) is 3.86. The number of esters is 1. The lowest BCUT2D eigenvalue weighted by Crippen LogP contribution is -2.66. The molecule has 0 spiro atoms. The topological polar surface area (TPSA) is 92.3 Å². The smallest absolute Gasteiger partial charge is 0.303 e. The van der Waals surface area contributed by atoms with Crippen molar-refractivity contribution >= 4 is 11.9 Å². The molecule has 1 saturated heterocycles. The highest BCUT2D eigenvalue weighted by molar-refractivity contribution is 5.73. The Labute approximate surface area is 205 Å². The first-order chi connectivity index (χ1) is 17.0. The van der Waals surface area contributed by atoms with Gasteiger partial charge in [-0.25, -0.2) is 0 Å². The standard InChI is InChI=1S/C27H31NO7/c1-4-15-32-26-24(28-19(2)29)27(33-17-22-13-9-6-10-14-22)35-23(25(26)34-20(3)30)18-31-16-21-11-7-5-8-12-21/h1,5-14,23-27H,15-18H2,2-3H3,(H,28,29)/t23-,24-,25+,26-,27-/m1/s1. The lowest BCUT2D eigenvalue weighted by atomic mass is 9.96. The van der Waals surface area contributed by atoms with Crippen LogP contribution in [-0.4, -0.2) is 55.7 Å². The number of carbonyl (C=O) groups excluding carboxylic acids is 2. The molecular weight excluding hydrogens is 450 g/mol. The third-order valence-electron chi connectivity index (χ3n) is 5.33. The second kappa shape index (κ2) is 13.6. The van der Waals surface area contributed by atoms with Gasteiger partial charge >= 0.3 is 5.97 Å². The Bertz CT molecular complexity index is 976. The number of terminal acetylenes is 1. The minimum atomic E-state index is -0.904. The van der Waals surface area contributed by atoms with Crippen LogP contribution in [0.4, 0.5) is 0 Å². The van der Waals surface area contributed by atoms with E-state index in [2.05, 4.69) is 11.2 Å². The first-order valence-electron chi connectivity index (χ1n) is 11.4. The van der Waals surface area contributed by atoms with Crippen LogP contribution in [0, 0.1) is 12.3 Å². The molecule has 0 aromatic heterocycles. The van der Waals surface area contributed by atoms with Gasteiger partial charge in [0.2, 0.25) is 5.91 Å². The average Bonchev–Trinajstić information content (AvgIpc) is 2.84. The molecule has 8 nitrogen and oxygen atoms in total. The predicted molar refractivity (Wildman–Crippen MR) is 128 cm³/mol. The number of benzene rings is 2. The van der Waals surface area contributed by atoms with Gasteiger partial charge in [0.1, 0.15) is 24.9 Å². The summed E-state index contributed by atoms with van der Waals surface area (Å²) < 4.78 is 29.7. The number of rotatable bonds is 11. The van der Waals surface area contributed by atoms with Crippen LogP contribution in [0.2, 0.25) is 0 Å². The highest BCUT2D eigenvalue weighted by Crippen LogP contribution is 2.28. The molecular formula is C27H31NO7. The summed E-state index contributed by atoms with van der Waals surface area (Å²) in [5, 5.41) is 2.82. The maximum atomic E-state index is 12.0. The number of hydrogen-bond donors (Lipinski definition) is 1. The van der Waals surface area contributed by atoms with Crippen LogP contribution >= 0.6 is 0 Å². The second-order valence-electron chi connectivity index (χ2n) is 8.12. The van der Waals surface area contributed by atoms with Crippen molar-refractivity contribution in [3.63, 3.8) is 0 Å². The lowest BCUT2D eigenvalue weighted by Gasteiger charge is -2.45. The Kier molecular flexibility index (Phi) is 10.3.